The van der Waals surface area contributed by atoms with Crippen LogP contribution in [0.4, 0.5) is 0 Å². The van der Waals surface area contributed by atoms with Gasteiger partial charge in [0.2, 0.25) is 0 Å². The third-order valence-corrected chi connectivity index (χ3v) is 3.15. The van der Waals surface area contributed by atoms with Crippen molar-refractivity contribution in [2.24, 2.45) is 0 Å². The molecule has 0 spiro atoms. The van der Waals surface area contributed by atoms with E-state index in [1.807, 2.05) is 18.2 Å². The third-order valence-electron chi connectivity index (χ3n) is 3.15. The lowest BCUT2D eigenvalue weighted by Crippen LogP contribution is -1.92. The summed E-state index contributed by atoms with van der Waals surface area (Å²) in [6.45, 7) is 0. The Morgan fingerprint density at radius 3 is 2.47 bits per heavy atom. The van der Waals surface area contributed by atoms with Crippen LogP contribution < -0.4 is 0 Å². The van der Waals surface area contributed by atoms with E-state index in [2.05, 4.69) is 42.5 Å². The Hall–Kier alpha value is -2.33. The zero-order valence-electron chi connectivity index (χ0n) is 9.35. The Morgan fingerprint density at radius 1 is 0.882 bits per heavy atom. The molecule has 0 aromatic heterocycles. The van der Waals surface area contributed by atoms with Crippen molar-refractivity contribution >= 4 is 12.2 Å². The van der Waals surface area contributed by atoms with Crippen molar-refractivity contribution in [2.75, 3.05) is 0 Å². The van der Waals surface area contributed by atoms with E-state index < -0.39 is 0 Å². The maximum absolute atomic E-state index is 8.94. The van der Waals surface area contributed by atoms with Gasteiger partial charge < -0.3 is 0 Å². The molecule has 0 amide bonds. The Morgan fingerprint density at radius 2 is 1.65 bits per heavy atom. The van der Waals surface area contributed by atoms with E-state index >= 15 is 0 Å². The van der Waals surface area contributed by atoms with Crippen molar-refractivity contribution in [2.45, 2.75) is 6.42 Å². The smallest absolute Gasteiger partial charge is 0.0991 e. The Kier molecular flexibility index (Phi) is 2.27. The minimum atomic E-state index is 0.733. The molecule has 80 valence electrons. The normalized spacial score (nSPS) is 12.2. The first kappa shape index (κ1) is 9.86. The van der Waals surface area contributed by atoms with E-state index in [9.17, 15) is 0 Å². The fraction of sp³-hybridized carbons (Fsp3) is 0.0625. The minimum absolute atomic E-state index is 0.733. The van der Waals surface area contributed by atoms with E-state index in [1.165, 1.54) is 22.3 Å². The molecule has 1 nitrogen and oxygen atoms in total. The van der Waals surface area contributed by atoms with Gasteiger partial charge in [-0.05, 0) is 40.8 Å². The fourth-order valence-corrected chi connectivity index (χ4v) is 2.23. The molecule has 0 unspecified atom stereocenters. The van der Waals surface area contributed by atoms with Crippen LogP contribution in [0.1, 0.15) is 27.8 Å². The van der Waals surface area contributed by atoms with Crippen molar-refractivity contribution in [3.63, 3.8) is 0 Å². The molecule has 1 heteroatoms. The predicted molar refractivity (Wildman–Crippen MR) is 69.3 cm³/mol. The molecule has 0 fully saturated rings. The lowest BCUT2D eigenvalue weighted by atomic mass is 9.98. The summed E-state index contributed by atoms with van der Waals surface area (Å²) in [6, 6.07) is 16.5. The summed E-state index contributed by atoms with van der Waals surface area (Å²) < 4.78 is 0. The topological polar surface area (TPSA) is 23.8 Å². The number of rotatable bonds is 0. The fourth-order valence-electron chi connectivity index (χ4n) is 2.23. The molecule has 0 aliphatic heterocycles. The summed E-state index contributed by atoms with van der Waals surface area (Å²) in [5.74, 6) is 0. The number of nitriles is 1. The molecule has 2 aromatic rings. The third kappa shape index (κ3) is 1.74. The average Bonchev–Trinajstić information content (AvgIpc) is 2.56. The van der Waals surface area contributed by atoms with Crippen LogP contribution in [-0.4, -0.2) is 0 Å². The molecule has 0 bridgehead atoms. The molecular weight excluding hydrogens is 206 g/mol. The Labute approximate surface area is 101 Å². The summed E-state index contributed by atoms with van der Waals surface area (Å²) in [5, 5.41) is 8.94. The SMILES string of the molecule is N#Cc1ccc2c(c1)Cc1ccccc1C=C2. The van der Waals surface area contributed by atoms with Gasteiger partial charge in [0, 0.05) is 0 Å². The van der Waals surface area contributed by atoms with Crippen LogP contribution in [0.25, 0.3) is 12.2 Å². The summed E-state index contributed by atoms with van der Waals surface area (Å²) in [5.41, 5.74) is 5.75. The summed E-state index contributed by atoms with van der Waals surface area (Å²) >= 11 is 0. The molecule has 0 atom stereocenters. The standard InChI is InChI=1S/C16H11N/c17-11-12-5-6-14-8-7-13-3-1-2-4-15(13)10-16(14)9-12/h1-9H,10H2. The van der Waals surface area contributed by atoms with E-state index in [0.29, 0.717) is 0 Å². The lowest BCUT2D eigenvalue weighted by molar-refractivity contribution is 1.18. The molecule has 2 aromatic carbocycles. The predicted octanol–water partition coefficient (Wildman–Crippen LogP) is 3.63. The Balaban J connectivity index is 2.16. The van der Waals surface area contributed by atoms with E-state index in [1.54, 1.807) is 0 Å². The van der Waals surface area contributed by atoms with Gasteiger partial charge in [0.05, 0.1) is 11.6 Å². The summed E-state index contributed by atoms with van der Waals surface area (Å²) in [4.78, 5) is 0. The van der Waals surface area contributed by atoms with Gasteiger partial charge in [0.15, 0.2) is 0 Å². The quantitative estimate of drug-likeness (QED) is 0.564. The van der Waals surface area contributed by atoms with Crippen LogP contribution in [0.3, 0.4) is 0 Å². The maximum atomic E-state index is 8.94. The van der Waals surface area contributed by atoms with Crippen molar-refractivity contribution in [3.8, 4) is 6.07 Å². The van der Waals surface area contributed by atoms with Crippen LogP contribution in [0, 0.1) is 11.3 Å². The molecule has 0 saturated carbocycles. The van der Waals surface area contributed by atoms with Crippen molar-refractivity contribution in [3.05, 3.63) is 70.3 Å². The van der Waals surface area contributed by atoms with Gasteiger partial charge in [0.25, 0.3) is 0 Å². The Bertz CT molecular complexity index is 645. The molecule has 0 N–H and O–H groups in total. The van der Waals surface area contributed by atoms with Crippen molar-refractivity contribution < 1.29 is 0 Å². The van der Waals surface area contributed by atoms with E-state index in [-0.39, 0.29) is 0 Å². The van der Waals surface area contributed by atoms with E-state index in [0.717, 1.165) is 12.0 Å². The minimum Gasteiger partial charge on any atom is -0.192 e. The van der Waals surface area contributed by atoms with Gasteiger partial charge in [-0.15, -0.1) is 0 Å². The molecule has 0 saturated heterocycles. The largest absolute Gasteiger partial charge is 0.192 e. The highest BCUT2D eigenvalue weighted by molar-refractivity contribution is 5.75. The first-order valence-electron chi connectivity index (χ1n) is 5.66. The average molecular weight is 217 g/mol. The van der Waals surface area contributed by atoms with Gasteiger partial charge in [-0.3, -0.25) is 0 Å². The van der Waals surface area contributed by atoms with Crippen LogP contribution >= 0.6 is 0 Å². The van der Waals surface area contributed by atoms with Gasteiger partial charge in [0.1, 0.15) is 0 Å². The van der Waals surface area contributed by atoms with Crippen molar-refractivity contribution in [1.29, 1.82) is 5.26 Å². The van der Waals surface area contributed by atoms with Gasteiger partial charge >= 0.3 is 0 Å². The number of hydrogen-bond acceptors (Lipinski definition) is 1. The second-order valence-corrected chi connectivity index (χ2v) is 4.23. The zero-order valence-corrected chi connectivity index (χ0v) is 9.35. The second-order valence-electron chi connectivity index (χ2n) is 4.23. The van der Waals surface area contributed by atoms with Crippen LogP contribution in [0.2, 0.25) is 0 Å². The summed E-state index contributed by atoms with van der Waals surface area (Å²) in [6.07, 6.45) is 5.17. The van der Waals surface area contributed by atoms with E-state index in [4.69, 9.17) is 5.26 Å². The van der Waals surface area contributed by atoms with Crippen LogP contribution in [0.5, 0.6) is 0 Å². The number of hydrogen-bond donors (Lipinski definition) is 0. The van der Waals surface area contributed by atoms with Crippen LogP contribution in [0.15, 0.2) is 42.5 Å². The first-order chi connectivity index (χ1) is 8.36. The summed E-state index contributed by atoms with van der Waals surface area (Å²) in [7, 11) is 0. The highest BCUT2D eigenvalue weighted by Gasteiger charge is 2.09. The molecule has 0 heterocycles. The van der Waals surface area contributed by atoms with Crippen LogP contribution in [-0.2, 0) is 6.42 Å². The number of nitrogens with zero attached hydrogens (tertiary/aromatic N) is 1. The van der Waals surface area contributed by atoms with Gasteiger partial charge in [-0.2, -0.15) is 5.26 Å². The lowest BCUT2D eigenvalue weighted by Gasteiger charge is -2.06. The molecule has 1 aliphatic rings. The maximum Gasteiger partial charge on any atom is 0.0991 e. The number of benzene rings is 2. The molecule has 17 heavy (non-hydrogen) atoms. The molecule has 3 rings (SSSR count). The monoisotopic (exact) mass is 217 g/mol. The zero-order chi connectivity index (χ0) is 11.7. The molecule has 0 radical (unpaired) electrons. The molecule has 1 aliphatic carbocycles. The highest BCUT2D eigenvalue weighted by Crippen LogP contribution is 2.25. The first-order valence-corrected chi connectivity index (χ1v) is 5.66. The number of fused-ring (bicyclic) bond motifs is 2. The second kappa shape index (κ2) is 3.92. The molecular formula is C16H11N. The van der Waals surface area contributed by atoms with Crippen molar-refractivity contribution in [1.82, 2.24) is 0 Å². The van der Waals surface area contributed by atoms with Gasteiger partial charge in [-0.25, -0.2) is 0 Å². The highest BCUT2D eigenvalue weighted by atomic mass is 14.2. The van der Waals surface area contributed by atoms with Gasteiger partial charge in [-0.1, -0.05) is 42.5 Å².